The molecule has 0 bridgehead atoms. The number of hydrogen-bond donors (Lipinski definition) is 1. The molecule has 1 aromatic carbocycles. The zero-order valence-corrected chi connectivity index (χ0v) is 9.38. The van der Waals surface area contributed by atoms with Crippen molar-refractivity contribution >= 4 is 17.2 Å². The zero-order valence-electron chi connectivity index (χ0n) is 9.38. The Morgan fingerprint density at radius 1 is 1.06 bits per heavy atom. The number of anilines is 3. The SMILES string of the molecule is CN(C)c1ccc(Nc2cnccn2)cc1. The van der Waals surface area contributed by atoms with E-state index in [0.717, 1.165) is 11.5 Å². The Labute approximate surface area is 95.0 Å². The van der Waals surface area contributed by atoms with Crippen LogP contribution in [0.25, 0.3) is 0 Å². The summed E-state index contributed by atoms with van der Waals surface area (Å²) in [6.45, 7) is 0. The van der Waals surface area contributed by atoms with Crippen LogP contribution in [0.15, 0.2) is 42.9 Å². The van der Waals surface area contributed by atoms with Crippen LogP contribution in [0.5, 0.6) is 0 Å². The van der Waals surface area contributed by atoms with Gasteiger partial charge in [-0.1, -0.05) is 0 Å². The number of aromatic nitrogens is 2. The third kappa shape index (κ3) is 2.48. The number of rotatable bonds is 3. The van der Waals surface area contributed by atoms with Gasteiger partial charge in [-0.25, -0.2) is 4.98 Å². The summed E-state index contributed by atoms with van der Waals surface area (Å²) in [5.74, 6) is 0.750. The van der Waals surface area contributed by atoms with Crippen LogP contribution in [0.3, 0.4) is 0 Å². The zero-order chi connectivity index (χ0) is 11.4. The number of nitrogens with one attached hydrogen (secondary N) is 1. The van der Waals surface area contributed by atoms with Gasteiger partial charge in [-0.05, 0) is 24.3 Å². The molecule has 0 saturated carbocycles. The van der Waals surface area contributed by atoms with Crippen LogP contribution in [-0.4, -0.2) is 24.1 Å². The van der Waals surface area contributed by atoms with Crippen LogP contribution in [0.2, 0.25) is 0 Å². The first-order chi connectivity index (χ1) is 7.75. The number of benzene rings is 1. The molecule has 0 fully saturated rings. The molecule has 2 rings (SSSR count). The maximum atomic E-state index is 4.15. The molecule has 4 nitrogen and oxygen atoms in total. The van der Waals surface area contributed by atoms with Crippen molar-refractivity contribution in [3.8, 4) is 0 Å². The van der Waals surface area contributed by atoms with Crippen LogP contribution >= 0.6 is 0 Å². The third-order valence-electron chi connectivity index (χ3n) is 2.22. The van der Waals surface area contributed by atoms with E-state index in [1.807, 2.05) is 26.2 Å². The van der Waals surface area contributed by atoms with Gasteiger partial charge in [0, 0.05) is 37.9 Å². The fraction of sp³-hybridized carbons (Fsp3) is 0.167. The molecule has 0 radical (unpaired) electrons. The lowest BCUT2D eigenvalue weighted by atomic mass is 10.2. The molecular weight excluding hydrogens is 200 g/mol. The summed E-state index contributed by atoms with van der Waals surface area (Å²) < 4.78 is 0. The summed E-state index contributed by atoms with van der Waals surface area (Å²) in [5, 5.41) is 3.18. The molecule has 0 spiro atoms. The molecule has 0 amide bonds. The van der Waals surface area contributed by atoms with Crippen molar-refractivity contribution in [1.82, 2.24) is 9.97 Å². The van der Waals surface area contributed by atoms with Crippen molar-refractivity contribution < 1.29 is 0 Å². The molecule has 0 saturated heterocycles. The van der Waals surface area contributed by atoms with Crippen LogP contribution in [0, 0.1) is 0 Å². The highest BCUT2D eigenvalue weighted by atomic mass is 15.1. The second-order valence-electron chi connectivity index (χ2n) is 3.66. The van der Waals surface area contributed by atoms with Gasteiger partial charge in [0.25, 0.3) is 0 Å². The quantitative estimate of drug-likeness (QED) is 0.851. The molecule has 2 aromatic rings. The number of hydrogen-bond acceptors (Lipinski definition) is 4. The molecule has 1 N–H and O–H groups in total. The smallest absolute Gasteiger partial charge is 0.148 e. The second kappa shape index (κ2) is 4.61. The van der Waals surface area contributed by atoms with Gasteiger partial charge in [0.2, 0.25) is 0 Å². The lowest BCUT2D eigenvalue weighted by molar-refractivity contribution is 1.13. The van der Waals surface area contributed by atoms with E-state index in [2.05, 4.69) is 32.3 Å². The maximum absolute atomic E-state index is 4.15. The van der Waals surface area contributed by atoms with Gasteiger partial charge in [-0.3, -0.25) is 4.98 Å². The first-order valence-corrected chi connectivity index (χ1v) is 5.06. The predicted molar refractivity (Wildman–Crippen MR) is 66.1 cm³/mol. The Kier molecular flexibility index (Phi) is 3.00. The second-order valence-corrected chi connectivity index (χ2v) is 3.66. The lowest BCUT2D eigenvalue weighted by Gasteiger charge is -2.13. The monoisotopic (exact) mass is 214 g/mol. The Balaban J connectivity index is 2.11. The Hall–Kier alpha value is -2.10. The number of nitrogens with zero attached hydrogens (tertiary/aromatic N) is 3. The molecule has 1 aromatic heterocycles. The maximum Gasteiger partial charge on any atom is 0.148 e. The van der Waals surface area contributed by atoms with Gasteiger partial charge in [0.15, 0.2) is 0 Å². The molecule has 16 heavy (non-hydrogen) atoms. The van der Waals surface area contributed by atoms with E-state index >= 15 is 0 Å². The summed E-state index contributed by atoms with van der Waals surface area (Å²) in [4.78, 5) is 10.2. The van der Waals surface area contributed by atoms with Crippen molar-refractivity contribution in [2.45, 2.75) is 0 Å². The highest BCUT2D eigenvalue weighted by Crippen LogP contribution is 2.18. The molecule has 4 heteroatoms. The highest BCUT2D eigenvalue weighted by molar-refractivity contribution is 5.59. The van der Waals surface area contributed by atoms with E-state index in [4.69, 9.17) is 0 Å². The van der Waals surface area contributed by atoms with E-state index in [9.17, 15) is 0 Å². The summed E-state index contributed by atoms with van der Waals surface area (Å²) in [6, 6.07) is 8.14. The van der Waals surface area contributed by atoms with Crippen LogP contribution in [0.1, 0.15) is 0 Å². The van der Waals surface area contributed by atoms with Crippen molar-refractivity contribution in [2.24, 2.45) is 0 Å². The highest BCUT2D eigenvalue weighted by Gasteiger charge is 1.97. The van der Waals surface area contributed by atoms with Crippen molar-refractivity contribution in [3.05, 3.63) is 42.9 Å². The summed E-state index contributed by atoms with van der Waals surface area (Å²) >= 11 is 0. The van der Waals surface area contributed by atoms with Crippen LogP contribution < -0.4 is 10.2 Å². The van der Waals surface area contributed by atoms with E-state index in [-0.39, 0.29) is 0 Å². The Morgan fingerprint density at radius 3 is 2.38 bits per heavy atom. The standard InChI is InChI=1S/C12H14N4/c1-16(2)11-5-3-10(4-6-11)15-12-9-13-7-8-14-12/h3-9H,1-2H3,(H,14,15). The van der Waals surface area contributed by atoms with Gasteiger partial charge < -0.3 is 10.2 Å². The van der Waals surface area contributed by atoms with Gasteiger partial charge in [-0.2, -0.15) is 0 Å². The van der Waals surface area contributed by atoms with Gasteiger partial charge in [-0.15, -0.1) is 0 Å². The van der Waals surface area contributed by atoms with Gasteiger partial charge in [0.1, 0.15) is 5.82 Å². The van der Waals surface area contributed by atoms with Crippen LogP contribution in [0.4, 0.5) is 17.2 Å². The largest absolute Gasteiger partial charge is 0.378 e. The normalized spacial score (nSPS) is 9.88. The molecule has 0 unspecified atom stereocenters. The first-order valence-electron chi connectivity index (χ1n) is 5.06. The van der Waals surface area contributed by atoms with E-state index in [1.54, 1.807) is 18.6 Å². The van der Waals surface area contributed by atoms with E-state index < -0.39 is 0 Å². The molecule has 1 heterocycles. The van der Waals surface area contributed by atoms with Crippen LogP contribution in [-0.2, 0) is 0 Å². The molecule has 0 aliphatic heterocycles. The van der Waals surface area contributed by atoms with Crippen molar-refractivity contribution in [3.63, 3.8) is 0 Å². The molecular formula is C12H14N4. The minimum atomic E-state index is 0.750. The minimum absolute atomic E-state index is 0.750. The molecule has 0 aliphatic carbocycles. The molecule has 0 atom stereocenters. The minimum Gasteiger partial charge on any atom is -0.378 e. The Morgan fingerprint density at radius 2 is 1.81 bits per heavy atom. The Bertz CT molecular complexity index is 436. The van der Waals surface area contributed by atoms with Crippen molar-refractivity contribution in [1.29, 1.82) is 0 Å². The van der Waals surface area contributed by atoms with E-state index in [1.165, 1.54) is 5.69 Å². The molecule has 0 aliphatic rings. The fourth-order valence-corrected chi connectivity index (χ4v) is 1.35. The average Bonchev–Trinajstić information content (AvgIpc) is 2.31. The summed E-state index contributed by atoms with van der Waals surface area (Å²) in [7, 11) is 4.04. The predicted octanol–water partition coefficient (Wildman–Crippen LogP) is 2.29. The van der Waals surface area contributed by atoms with Gasteiger partial charge >= 0.3 is 0 Å². The first kappa shape index (κ1) is 10.4. The third-order valence-corrected chi connectivity index (χ3v) is 2.22. The fourth-order valence-electron chi connectivity index (χ4n) is 1.35. The van der Waals surface area contributed by atoms with Gasteiger partial charge in [0.05, 0.1) is 6.20 Å². The average molecular weight is 214 g/mol. The molecule has 82 valence electrons. The summed E-state index contributed by atoms with van der Waals surface area (Å²) in [5.41, 5.74) is 2.18. The van der Waals surface area contributed by atoms with E-state index in [0.29, 0.717) is 0 Å². The van der Waals surface area contributed by atoms with Crippen molar-refractivity contribution in [2.75, 3.05) is 24.3 Å². The lowest BCUT2D eigenvalue weighted by Crippen LogP contribution is -2.08. The summed E-state index contributed by atoms with van der Waals surface area (Å²) in [6.07, 6.45) is 5.01. The topological polar surface area (TPSA) is 41.0 Å².